The van der Waals surface area contributed by atoms with Gasteiger partial charge in [-0.1, -0.05) is 47.6 Å². The molecule has 7 heteroatoms. The molecular formula is C24H28N4O3. The molecule has 1 fully saturated rings. The topological polar surface area (TPSA) is 97.2 Å². The third-order valence-corrected chi connectivity index (χ3v) is 6.21. The number of anilines is 1. The van der Waals surface area contributed by atoms with Crippen molar-refractivity contribution in [3.8, 4) is 0 Å². The number of fused-ring (bicyclic) bond motifs is 1. The molecule has 1 saturated heterocycles. The second-order valence-electron chi connectivity index (χ2n) is 8.40. The van der Waals surface area contributed by atoms with E-state index >= 15 is 0 Å². The van der Waals surface area contributed by atoms with Crippen molar-refractivity contribution >= 4 is 23.4 Å². The van der Waals surface area contributed by atoms with Gasteiger partial charge in [-0.3, -0.25) is 14.9 Å². The molecule has 1 amide bonds. The summed E-state index contributed by atoms with van der Waals surface area (Å²) in [6.45, 7) is 4.57. The van der Waals surface area contributed by atoms with Crippen LogP contribution in [0.4, 0.5) is 5.69 Å². The number of nitrogens with one attached hydrogen (secondary N) is 2. The molecule has 0 aromatic heterocycles. The van der Waals surface area contributed by atoms with Gasteiger partial charge in [-0.2, -0.15) is 0 Å². The van der Waals surface area contributed by atoms with Crippen LogP contribution >= 0.6 is 0 Å². The first-order valence-electron chi connectivity index (χ1n) is 10.6. The van der Waals surface area contributed by atoms with Crippen LogP contribution in [0, 0.1) is 5.92 Å². The number of carbonyl (C=O) groups is 1. The molecule has 4 rings (SSSR count). The smallest absolute Gasteiger partial charge is 0.267 e. The number of rotatable bonds is 5. The molecule has 2 aromatic carbocycles. The van der Waals surface area contributed by atoms with Gasteiger partial charge in [0.1, 0.15) is 0 Å². The van der Waals surface area contributed by atoms with Crippen molar-refractivity contribution in [3.05, 3.63) is 71.3 Å². The molecule has 0 aliphatic carbocycles. The summed E-state index contributed by atoms with van der Waals surface area (Å²) in [5.41, 5.74) is 6.99. The van der Waals surface area contributed by atoms with Crippen LogP contribution in [-0.4, -0.2) is 46.1 Å². The Morgan fingerprint density at radius 3 is 2.77 bits per heavy atom. The fourth-order valence-electron chi connectivity index (χ4n) is 4.91. The molecule has 0 radical (unpaired) electrons. The number of piperidine rings is 1. The van der Waals surface area contributed by atoms with Crippen molar-refractivity contribution in [2.45, 2.75) is 31.8 Å². The number of hydrogen-bond acceptors (Lipinski definition) is 6. The summed E-state index contributed by atoms with van der Waals surface area (Å²) in [5, 5.41) is 25.3. The Hall–Kier alpha value is -3.16. The van der Waals surface area contributed by atoms with Crippen LogP contribution in [0.25, 0.3) is 6.08 Å². The van der Waals surface area contributed by atoms with Crippen LogP contribution < -0.4 is 10.8 Å². The van der Waals surface area contributed by atoms with E-state index in [-0.39, 0.29) is 0 Å². The van der Waals surface area contributed by atoms with Gasteiger partial charge in [0.05, 0.1) is 5.71 Å². The van der Waals surface area contributed by atoms with Gasteiger partial charge < -0.3 is 10.5 Å². The highest BCUT2D eigenvalue weighted by atomic mass is 16.5. The maximum Gasteiger partial charge on any atom is 0.267 e. The summed E-state index contributed by atoms with van der Waals surface area (Å²) < 4.78 is 0. The molecule has 31 heavy (non-hydrogen) atoms. The van der Waals surface area contributed by atoms with Crippen LogP contribution in [0.3, 0.4) is 0 Å². The Kier molecular flexibility index (Phi) is 6.34. The molecule has 4 N–H and O–H groups in total. The first kappa shape index (κ1) is 21.1. The number of nitrogens with zero attached hydrogens (tertiary/aromatic N) is 2. The van der Waals surface area contributed by atoms with Gasteiger partial charge in [0.15, 0.2) is 0 Å². The Bertz CT molecular complexity index is 987. The lowest BCUT2D eigenvalue weighted by molar-refractivity contribution is -0.124. The molecule has 3 atom stereocenters. The predicted octanol–water partition coefficient (Wildman–Crippen LogP) is 3.46. The second-order valence-corrected chi connectivity index (χ2v) is 8.40. The van der Waals surface area contributed by atoms with Gasteiger partial charge in [-0.25, -0.2) is 5.48 Å². The van der Waals surface area contributed by atoms with E-state index in [1.165, 1.54) is 17.3 Å². The minimum Gasteiger partial charge on any atom is -0.411 e. The molecule has 0 spiro atoms. The molecule has 7 nitrogen and oxygen atoms in total. The maximum absolute atomic E-state index is 11.1. The zero-order valence-electron chi connectivity index (χ0n) is 17.5. The highest BCUT2D eigenvalue weighted by Gasteiger charge is 2.38. The third-order valence-electron chi connectivity index (χ3n) is 6.21. The maximum atomic E-state index is 11.1. The van der Waals surface area contributed by atoms with E-state index in [1.807, 2.05) is 24.3 Å². The van der Waals surface area contributed by atoms with Crippen molar-refractivity contribution in [2.24, 2.45) is 11.1 Å². The predicted molar refractivity (Wildman–Crippen MR) is 120 cm³/mol. The molecule has 2 aliphatic rings. The van der Waals surface area contributed by atoms with E-state index in [4.69, 9.17) is 5.21 Å². The van der Waals surface area contributed by atoms with Gasteiger partial charge in [0.25, 0.3) is 5.91 Å². The number of hydrogen-bond donors (Lipinski definition) is 4. The normalized spacial score (nSPS) is 24.8. The van der Waals surface area contributed by atoms with Crippen LogP contribution in [0.2, 0.25) is 0 Å². The Morgan fingerprint density at radius 1 is 1.26 bits per heavy atom. The largest absolute Gasteiger partial charge is 0.411 e. The van der Waals surface area contributed by atoms with E-state index < -0.39 is 5.91 Å². The Morgan fingerprint density at radius 2 is 2.03 bits per heavy atom. The van der Waals surface area contributed by atoms with Crippen LogP contribution in [-0.2, 0) is 11.3 Å². The fraction of sp³-hybridized carbons (Fsp3) is 0.333. The number of oxime groups is 1. The van der Waals surface area contributed by atoms with Crippen LogP contribution in [0.5, 0.6) is 0 Å². The van der Waals surface area contributed by atoms with Gasteiger partial charge in [0.2, 0.25) is 0 Å². The average molecular weight is 421 g/mol. The lowest BCUT2D eigenvalue weighted by atomic mass is 9.78. The van der Waals surface area contributed by atoms with E-state index in [9.17, 15) is 10.0 Å². The third kappa shape index (κ3) is 4.78. The molecule has 2 heterocycles. The zero-order chi connectivity index (χ0) is 21.8. The van der Waals surface area contributed by atoms with E-state index in [0.717, 1.165) is 36.3 Å². The monoisotopic (exact) mass is 420 g/mol. The molecule has 3 unspecified atom stereocenters. The van der Waals surface area contributed by atoms with Gasteiger partial charge in [-0.15, -0.1) is 0 Å². The SMILES string of the molecule is CC1Nc2ccccc2C1C1C/C(=N/O)CN(Cc2ccc(/C=C/C(=O)NO)cc2)C1. The van der Waals surface area contributed by atoms with Crippen LogP contribution in [0.15, 0.2) is 59.8 Å². The van der Waals surface area contributed by atoms with E-state index in [0.29, 0.717) is 24.4 Å². The number of benzene rings is 2. The summed E-state index contributed by atoms with van der Waals surface area (Å²) in [7, 11) is 0. The van der Waals surface area contributed by atoms with Crippen LogP contribution in [0.1, 0.15) is 36.0 Å². The van der Waals surface area contributed by atoms with E-state index in [1.54, 1.807) is 11.6 Å². The molecule has 2 aromatic rings. The van der Waals surface area contributed by atoms with Gasteiger partial charge in [0, 0.05) is 43.4 Å². The summed E-state index contributed by atoms with van der Waals surface area (Å²) in [6.07, 6.45) is 3.73. The molecule has 162 valence electrons. The van der Waals surface area contributed by atoms with Gasteiger partial charge in [-0.05, 0) is 48.1 Å². The lowest BCUT2D eigenvalue weighted by Crippen LogP contribution is -2.43. The highest BCUT2D eigenvalue weighted by Crippen LogP contribution is 2.43. The molecule has 0 saturated carbocycles. The molecule has 0 bridgehead atoms. The minimum atomic E-state index is -0.559. The highest BCUT2D eigenvalue weighted by molar-refractivity contribution is 5.90. The van der Waals surface area contributed by atoms with E-state index in [2.05, 4.69) is 46.6 Å². The summed E-state index contributed by atoms with van der Waals surface area (Å²) in [6, 6.07) is 16.8. The molecule has 2 aliphatic heterocycles. The van der Waals surface area contributed by atoms with Crippen molar-refractivity contribution in [3.63, 3.8) is 0 Å². The zero-order valence-corrected chi connectivity index (χ0v) is 17.5. The number of hydroxylamine groups is 1. The molecular weight excluding hydrogens is 392 g/mol. The Balaban J connectivity index is 1.47. The lowest BCUT2D eigenvalue weighted by Gasteiger charge is -2.37. The second kappa shape index (κ2) is 9.32. The van der Waals surface area contributed by atoms with Crippen molar-refractivity contribution < 1.29 is 15.2 Å². The van der Waals surface area contributed by atoms with Crippen molar-refractivity contribution in [1.82, 2.24) is 10.4 Å². The summed E-state index contributed by atoms with van der Waals surface area (Å²) >= 11 is 0. The first-order valence-corrected chi connectivity index (χ1v) is 10.6. The quantitative estimate of drug-likeness (QED) is 0.257. The van der Waals surface area contributed by atoms with Gasteiger partial charge >= 0.3 is 0 Å². The standard InChI is InChI=1S/C24H28N4O3/c1-16-24(21-4-2-3-5-22(21)25-16)19-12-20(26-30)15-28(14-19)13-18-8-6-17(7-9-18)10-11-23(29)27-31/h2-11,16,19,24-25,30-31H,12-15H2,1H3,(H,27,29)/b11-10+,26-20-. The minimum absolute atomic E-state index is 0.337. The van der Waals surface area contributed by atoms with Crippen molar-refractivity contribution in [1.29, 1.82) is 0 Å². The summed E-state index contributed by atoms with van der Waals surface area (Å²) in [5.74, 6) is 0.183. The number of carbonyl (C=O) groups excluding carboxylic acids is 1. The Labute approximate surface area is 182 Å². The number of likely N-dealkylation sites (tertiary alicyclic amines) is 1. The number of amides is 1. The first-order chi connectivity index (χ1) is 15.1. The number of para-hydroxylation sites is 1. The fourth-order valence-corrected chi connectivity index (χ4v) is 4.91. The average Bonchev–Trinajstić information content (AvgIpc) is 3.13. The summed E-state index contributed by atoms with van der Waals surface area (Å²) in [4.78, 5) is 13.5. The van der Waals surface area contributed by atoms with Crippen molar-refractivity contribution in [2.75, 3.05) is 18.4 Å².